The fraction of sp³-hybridized carbons (Fsp3) is 0.464. The van der Waals surface area contributed by atoms with E-state index in [1.807, 2.05) is 61.2 Å². The van der Waals surface area contributed by atoms with E-state index in [0.29, 0.717) is 66.6 Å². The van der Waals surface area contributed by atoms with Crippen LogP contribution < -0.4 is 10.3 Å². The summed E-state index contributed by atoms with van der Waals surface area (Å²) in [6, 6.07) is 14.5. The Balaban J connectivity index is 2.20. The molecule has 3 rings (SSSR count). The molecular weight excluding hydrogens is 462 g/mol. The number of hydrogen-bond donors (Lipinski definition) is 0. The van der Waals surface area contributed by atoms with E-state index in [4.69, 9.17) is 21.3 Å². The van der Waals surface area contributed by atoms with E-state index in [2.05, 4.69) is 13.8 Å². The summed E-state index contributed by atoms with van der Waals surface area (Å²) in [5, 5.41) is 0.544. The van der Waals surface area contributed by atoms with Crippen molar-refractivity contribution in [2.75, 3.05) is 19.0 Å². The van der Waals surface area contributed by atoms with Crippen LogP contribution in [-0.2, 0) is 4.79 Å². The van der Waals surface area contributed by atoms with E-state index < -0.39 is 0 Å². The van der Waals surface area contributed by atoms with Gasteiger partial charge in [0.2, 0.25) is 5.91 Å². The van der Waals surface area contributed by atoms with Crippen LogP contribution in [0.5, 0.6) is 5.75 Å². The molecule has 1 unspecified atom stereocenters. The molecule has 0 bridgehead atoms. The van der Waals surface area contributed by atoms with E-state index >= 15 is 0 Å². The molecule has 3 aromatic rings. The molecule has 0 aliphatic carbocycles. The summed E-state index contributed by atoms with van der Waals surface area (Å²) >= 11 is 5.90. The minimum Gasteiger partial charge on any atom is -0.494 e. The molecule has 0 N–H and O–H groups in total. The summed E-state index contributed by atoms with van der Waals surface area (Å²) in [4.78, 5) is 34.0. The summed E-state index contributed by atoms with van der Waals surface area (Å²) in [5.74, 6) is 2.23. The van der Waals surface area contributed by atoms with Crippen molar-refractivity contribution in [3.63, 3.8) is 0 Å². The molecule has 1 atom stereocenters. The van der Waals surface area contributed by atoms with Crippen molar-refractivity contribution < 1.29 is 9.53 Å². The van der Waals surface area contributed by atoms with Crippen LogP contribution in [0.4, 0.5) is 0 Å². The number of carbonyl (C=O) groups excluding carboxylic acids is 1. The van der Waals surface area contributed by atoms with Gasteiger partial charge in [-0.25, -0.2) is 4.98 Å². The number of fused-ring (bicyclic) bond motifs is 1. The number of nitrogens with zero attached hydrogens (tertiary/aromatic N) is 3. The first kappa shape index (κ1) is 26.7. The largest absolute Gasteiger partial charge is 0.494 e. The Labute approximate surface area is 212 Å². The predicted molar refractivity (Wildman–Crippen MR) is 143 cm³/mol. The fourth-order valence-electron chi connectivity index (χ4n) is 4.24. The molecule has 0 saturated heterocycles. The Kier molecular flexibility index (Phi) is 9.73. The van der Waals surface area contributed by atoms with Gasteiger partial charge < -0.3 is 9.64 Å². The lowest BCUT2D eigenvalue weighted by Crippen LogP contribution is -2.39. The van der Waals surface area contributed by atoms with Crippen LogP contribution in [0.1, 0.15) is 65.2 Å². The average Bonchev–Trinajstić information content (AvgIpc) is 2.86. The number of rotatable bonds is 12. The van der Waals surface area contributed by atoms with Crippen molar-refractivity contribution in [3.05, 3.63) is 64.7 Å². The zero-order valence-electron chi connectivity index (χ0n) is 21.2. The van der Waals surface area contributed by atoms with Gasteiger partial charge in [0.1, 0.15) is 11.6 Å². The van der Waals surface area contributed by atoms with Crippen LogP contribution in [0.2, 0.25) is 0 Å². The lowest BCUT2D eigenvalue weighted by atomic mass is 10.1. The van der Waals surface area contributed by atoms with Gasteiger partial charge in [0, 0.05) is 18.8 Å². The van der Waals surface area contributed by atoms with Crippen molar-refractivity contribution in [2.24, 2.45) is 5.92 Å². The minimum absolute atomic E-state index is 0.0406. The number of ether oxygens (including phenoxy) is 1. The van der Waals surface area contributed by atoms with Crippen molar-refractivity contribution in [3.8, 4) is 11.4 Å². The summed E-state index contributed by atoms with van der Waals surface area (Å²) in [7, 11) is 0. The second-order valence-electron chi connectivity index (χ2n) is 9.04. The fourth-order valence-corrected chi connectivity index (χ4v) is 4.37. The standard InChI is InChI=1S/C28H36ClN3O3/c1-5-25(31(19-17-20(3)4)26(33)12-9-18-29)27-30-24-11-8-7-10-23(24)28(34)32(27)21-13-15-22(16-14-21)35-6-2/h7-8,10-11,13-16,20,25H,5-6,9,12,17-19H2,1-4H3. The van der Waals surface area contributed by atoms with E-state index in [9.17, 15) is 9.59 Å². The minimum atomic E-state index is -0.347. The number of alkyl halides is 1. The first-order valence-electron chi connectivity index (χ1n) is 12.5. The van der Waals surface area contributed by atoms with Crippen LogP contribution in [0, 0.1) is 5.92 Å². The first-order chi connectivity index (χ1) is 16.9. The number of hydrogen-bond acceptors (Lipinski definition) is 4. The molecular formula is C28H36ClN3O3. The summed E-state index contributed by atoms with van der Waals surface area (Å²) in [6.07, 6.45) is 2.49. The molecule has 1 amide bonds. The molecule has 188 valence electrons. The highest BCUT2D eigenvalue weighted by Crippen LogP contribution is 2.28. The molecule has 2 aromatic carbocycles. The third kappa shape index (κ3) is 6.43. The number of para-hydroxylation sites is 1. The molecule has 1 heterocycles. The number of benzene rings is 2. The quantitative estimate of drug-likeness (QED) is 0.282. The van der Waals surface area contributed by atoms with Crippen LogP contribution in [0.3, 0.4) is 0 Å². The summed E-state index contributed by atoms with van der Waals surface area (Å²) in [6.45, 7) is 9.42. The lowest BCUT2D eigenvalue weighted by Gasteiger charge is -2.33. The van der Waals surface area contributed by atoms with Crippen molar-refractivity contribution in [2.45, 2.75) is 59.4 Å². The normalized spacial score (nSPS) is 12.2. The highest BCUT2D eigenvalue weighted by molar-refractivity contribution is 6.17. The highest BCUT2D eigenvalue weighted by Gasteiger charge is 2.28. The van der Waals surface area contributed by atoms with E-state index in [0.717, 1.165) is 12.2 Å². The second kappa shape index (κ2) is 12.7. The monoisotopic (exact) mass is 497 g/mol. The zero-order chi connectivity index (χ0) is 25.4. The Morgan fingerprint density at radius 1 is 1.11 bits per heavy atom. The molecule has 6 nitrogen and oxygen atoms in total. The molecule has 0 aliphatic heterocycles. The number of carbonyl (C=O) groups is 1. The van der Waals surface area contributed by atoms with Gasteiger partial charge in [-0.05, 0) is 68.5 Å². The topological polar surface area (TPSA) is 64.4 Å². The number of amides is 1. The maximum absolute atomic E-state index is 13.8. The van der Waals surface area contributed by atoms with Crippen LogP contribution in [0.25, 0.3) is 16.6 Å². The molecule has 0 radical (unpaired) electrons. The van der Waals surface area contributed by atoms with E-state index in [1.54, 1.807) is 10.6 Å². The average molecular weight is 498 g/mol. The molecule has 35 heavy (non-hydrogen) atoms. The van der Waals surface area contributed by atoms with Crippen LogP contribution in [0.15, 0.2) is 53.3 Å². The third-order valence-corrected chi connectivity index (χ3v) is 6.33. The molecule has 0 saturated carbocycles. The number of aromatic nitrogens is 2. The Morgan fingerprint density at radius 2 is 1.83 bits per heavy atom. The van der Waals surface area contributed by atoms with Crippen molar-refractivity contribution >= 4 is 28.4 Å². The molecule has 0 fully saturated rings. The van der Waals surface area contributed by atoms with Crippen LogP contribution in [-0.4, -0.2) is 39.4 Å². The summed E-state index contributed by atoms with van der Waals surface area (Å²) < 4.78 is 7.25. The van der Waals surface area contributed by atoms with Crippen LogP contribution >= 0.6 is 11.6 Å². The lowest BCUT2D eigenvalue weighted by molar-refractivity contribution is -0.134. The van der Waals surface area contributed by atoms with Crippen molar-refractivity contribution in [1.82, 2.24) is 14.5 Å². The van der Waals surface area contributed by atoms with Gasteiger partial charge >= 0.3 is 0 Å². The molecule has 0 aliphatic rings. The van der Waals surface area contributed by atoms with Gasteiger partial charge in [0.15, 0.2) is 0 Å². The highest BCUT2D eigenvalue weighted by atomic mass is 35.5. The molecule has 0 spiro atoms. The molecule has 7 heteroatoms. The Hall–Kier alpha value is -2.86. The smallest absolute Gasteiger partial charge is 0.266 e. The van der Waals surface area contributed by atoms with E-state index in [-0.39, 0.29) is 17.5 Å². The Morgan fingerprint density at radius 3 is 2.46 bits per heavy atom. The van der Waals surface area contributed by atoms with E-state index in [1.165, 1.54) is 0 Å². The van der Waals surface area contributed by atoms with Gasteiger partial charge in [0.25, 0.3) is 5.56 Å². The summed E-state index contributed by atoms with van der Waals surface area (Å²) in [5.41, 5.74) is 1.18. The Bertz CT molecular complexity index is 1170. The van der Waals surface area contributed by atoms with Gasteiger partial charge in [0.05, 0.1) is 29.2 Å². The second-order valence-corrected chi connectivity index (χ2v) is 9.42. The maximum Gasteiger partial charge on any atom is 0.266 e. The van der Waals surface area contributed by atoms with Gasteiger partial charge in [-0.2, -0.15) is 0 Å². The van der Waals surface area contributed by atoms with Gasteiger partial charge in [-0.3, -0.25) is 14.2 Å². The first-order valence-corrected chi connectivity index (χ1v) is 13.0. The predicted octanol–water partition coefficient (Wildman–Crippen LogP) is 6.13. The third-order valence-electron chi connectivity index (χ3n) is 6.06. The number of halogens is 1. The molecule has 1 aromatic heterocycles. The van der Waals surface area contributed by atoms with Gasteiger partial charge in [-0.1, -0.05) is 32.9 Å². The zero-order valence-corrected chi connectivity index (χ0v) is 21.9. The maximum atomic E-state index is 13.8. The van der Waals surface area contributed by atoms with Gasteiger partial charge in [-0.15, -0.1) is 11.6 Å². The van der Waals surface area contributed by atoms with Crippen molar-refractivity contribution in [1.29, 1.82) is 0 Å². The SMILES string of the molecule is CCOc1ccc(-n2c(C(CC)N(CCC(C)C)C(=O)CCCCl)nc3ccccc3c2=O)cc1.